The lowest BCUT2D eigenvalue weighted by molar-refractivity contribution is -0.141. The number of nitrogens with zero attached hydrogens (tertiary/aromatic N) is 1. The van der Waals surface area contributed by atoms with Gasteiger partial charge in [-0.25, -0.2) is 0 Å². The van der Waals surface area contributed by atoms with Crippen LogP contribution in [-0.2, 0) is 32.1 Å². The van der Waals surface area contributed by atoms with E-state index in [-0.39, 0.29) is 13.0 Å². The van der Waals surface area contributed by atoms with Crippen LogP contribution in [-0.4, -0.2) is 59.6 Å². The van der Waals surface area contributed by atoms with Crippen LogP contribution in [0.2, 0.25) is 0 Å². The van der Waals surface area contributed by atoms with Gasteiger partial charge in [0.05, 0.1) is 13.2 Å². The second kappa shape index (κ2) is 15.8. The lowest BCUT2D eigenvalue weighted by Gasteiger charge is -2.25. The lowest BCUT2D eigenvalue weighted by atomic mass is 9.98. The lowest BCUT2D eigenvalue weighted by Crippen LogP contribution is -2.57. The zero-order chi connectivity index (χ0) is 31.4. The maximum Gasteiger partial charge on any atom is 0.289 e. The molecule has 226 valence electrons. The highest BCUT2D eigenvalue weighted by Gasteiger charge is 2.32. The summed E-state index contributed by atoms with van der Waals surface area (Å²) in [6.07, 6.45) is 3.12. The fourth-order valence-electron chi connectivity index (χ4n) is 4.15. The van der Waals surface area contributed by atoms with Crippen LogP contribution < -0.4 is 26.0 Å². The minimum atomic E-state index is -1.12. The van der Waals surface area contributed by atoms with Crippen molar-refractivity contribution in [2.75, 3.05) is 7.11 Å². The Kier molecular flexibility index (Phi) is 11.9. The number of ketones is 1. The molecule has 3 rings (SSSR count). The molecule has 0 bridgehead atoms. The number of nitrogens with one attached hydrogen (secondary N) is 4. The van der Waals surface area contributed by atoms with Crippen LogP contribution in [0.1, 0.15) is 42.3 Å². The van der Waals surface area contributed by atoms with Crippen molar-refractivity contribution in [3.63, 3.8) is 0 Å². The first-order valence-corrected chi connectivity index (χ1v) is 13.9. The molecule has 11 heteroatoms. The first-order valence-electron chi connectivity index (χ1n) is 13.9. The summed E-state index contributed by atoms with van der Waals surface area (Å²) < 4.78 is 5.12. The molecule has 2 aromatic carbocycles. The van der Waals surface area contributed by atoms with Crippen LogP contribution in [0, 0.1) is 5.92 Å². The molecule has 0 unspecified atom stereocenters. The van der Waals surface area contributed by atoms with E-state index in [9.17, 15) is 24.0 Å². The van der Waals surface area contributed by atoms with Crippen LogP contribution in [0.15, 0.2) is 79.1 Å². The SMILES string of the molecule is COc1ccc(CNC(=O)C(=O)[C@@H](NC(=O)[C@H](C)NC(=O)[C@H](Cc2ccccc2)NC(=O)c2ccncc2)C(C)C)cc1. The van der Waals surface area contributed by atoms with Gasteiger partial charge in [-0.3, -0.25) is 29.0 Å². The smallest absolute Gasteiger partial charge is 0.289 e. The maximum atomic E-state index is 13.3. The molecule has 0 aliphatic carbocycles. The standard InChI is InChI=1S/C32H37N5O6/c1-20(2)27(28(38)32(42)34-19-23-10-12-25(43-4)13-11-23)37-29(39)21(3)35-31(41)26(18-22-8-6-5-7-9-22)36-30(40)24-14-16-33-17-15-24/h5-17,20-21,26-27H,18-19H2,1-4H3,(H,34,42)(H,35,41)(H,36,40)(H,37,39)/t21-,26-,27-/m0/s1. The summed E-state index contributed by atoms with van der Waals surface area (Å²) in [5.74, 6) is -3.09. The predicted molar refractivity (Wildman–Crippen MR) is 160 cm³/mol. The van der Waals surface area contributed by atoms with Crippen LogP contribution in [0.5, 0.6) is 5.75 Å². The number of ether oxygens (including phenoxy) is 1. The van der Waals surface area contributed by atoms with E-state index in [2.05, 4.69) is 26.3 Å². The Morgan fingerprint density at radius 1 is 0.767 bits per heavy atom. The summed E-state index contributed by atoms with van der Waals surface area (Å²) in [6.45, 7) is 4.98. The largest absolute Gasteiger partial charge is 0.497 e. The third kappa shape index (κ3) is 9.77. The number of rotatable bonds is 14. The topological polar surface area (TPSA) is 156 Å². The number of amides is 4. The molecule has 43 heavy (non-hydrogen) atoms. The Bertz CT molecular complexity index is 1400. The van der Waals surface area contributed by atoms with E-state index in [0.717, 1.165) is 11.1 Å². The maximum absolute atomic E-state index is 13.3. The second-order valence-electron chi connectivity index (χ2n) is 10.3. The minimum Gasteiger partial charge on any atom is -0.497 e. The zero-order valence-corrected chi connectivity index (χ0v) is 24.6. The Morgan fingerprint density at radius 3 is 2.02 bits per heavy atom. The summed E-state index contributed by atoms with van der Waals surface area (Å²) >= 11 is 0. The number of benzene rings is 2. The molecule has 0 fully saturated rings. The second-order valence-corrected chi connectivity index (χ2v) is 10.3. The summed E-state index contributed by atoms with van der Waals surface area (Å²) in [6, 6.07) is 16.0. The van der Waals surface area contributed by atoms with Gasteiger partial charge in [0.25, 0.3) is 11.8 Å². The van der Waals surface area contributed by atoms with Gasteiger partial charge in [0.15, 0.2) is 0 Å². The van der Waals surface area contributed by atoms with Crippen molar-refractivity contribution in [1.29, 1.82) is 0 Å². The fraction of sp³-hybridized carbons (Fsp3) is 0.312. The van der Waals surface area contributed by atoms with E-state index in [1.54, 1.807) is 45.2 Å². The van der Waals surface area contributed by atoms with Crippen molar-refractivity contribution < 1.29 is 28.7 Å². The number of methoxy groups -OCH3 is 1. The van der Waals surface area contributed by atoms with E-state index in [1.807, 2.05) is 30.3 Å². The molecule has 0 saturated heterocycles. The highest BCUT2D eigenvalue weighted by atomic mass is 16.5. The number of carbonyl (C=O) groups is 5. The van der Waals surface area contributed by atoms with Gasteiger partial charge in [-0.15, -0.1) is 0 Å². The molecule has 4 N–H and O–H groups in total. The molecule has 3 aromatic rings. The summed E-state index contributed by atoms with van der Waals surface area (Å²) in [4.78, 5) is 68.7. The molecule has 1 aromatic heterocycles. The van der Waals surface area contributed by atoms with Crippen molar-refractivity contribution in [1.82, 2.24) is 26.3 Å². The Labute approximate surface area is 250 Å². The molecule has 0 radical (unpaired) electrons. The predicted octanol–water partition coefficient (Wildman–Crippen LogP) is 1.96. The van der Waals surface area contributed by atoms with E-state index in [4.69, 9.17) is 4.74 Å². The molecule has 0 saturated carbocycles. The number of aromatic nitrogens is 1. The Balaban J connectivity index is 1.63. The molecule has 3 atom stereocenters. The summed E-state index contributed by atoms with van der Waals surface area (Å²) in [5, 5.41) is 10.5. The van der Waals surface area contributed by atoms with Gasteiger partial charge in [-0.1, -0.05) is 56.3 Å². The van der Waals surface area contributed by atoms with Crippen molar-refractivity contribution in [2.45, 2.75) is 51.9 Å². The van der Waals surface area contributed by atoms with Gasteiger partial charge in [-0.05, 0) is 48.2 Å². The third-order valence-electron chi connectivity index (χ3n) is 6.68. The Morgan fingerprint density at radius 2 is 1.42 bits per heavy atom. The van der Waals surface area contributed by atoms with Gasteiger partial charge >= 0.3 is 0 Å². The number of Topliss-reactive ketones (excluding diaryl/α,β-unsaturated/α-hetero) is 1. The van der Waals surface area contributed by atoms with Crippen molar-refractivity contribution in [3.8, 4) is 5.75 Å². The highest BCUT2D eigenvalue weighted by molar-refractivity contribution is 6.38. The van der Waals surface area contributed by atoms with E-state index in [0.29, 0.717) is 11.3 Å². The van der Waals surface area contributed by atoms with Gasteiger partial charge in [-0.2, -0.15) is 0 Å². The van der Waals surface area contributed by atoms with Gasteiger partial charge in [0.1, 0.15) is 17.8 Å². The molecule has 11 nitrogen and oxygen atoms in total. The third-order valence-corrected chi connectivity index (χ3v) is 6.68. The first kappa shape index (κ1) is 32.5. The van der Waals surface area contributed by atoms with Crippen LogP contribution in [0.25, 0.3) is 0 Å². The van der Waals surface area contributed by atoms with E-state index >= 15 is 0 Å². The number of carbonyl (C=O) groups excluding carboxylic acids is 5. The van der Waals surface area contributed by atoms with Crippen molar-refractivity contribution >= 4 is 29.4 Å². The Hall–Kier alpha value is -5.06. The highest BCUT2D eigenvalue weighted by Crippen LogP contribution is 2.11. The molecular formula is C32H37N5O6. The summed E-state index contributed by atoms with van der Waals surface area (Å²) in [7, 11) is 1.55. The molecule has 0 aliphatic heterocycles. The monoisotopic (exact) mass is 587 g/mol. The van der Waals surface area contributed by atoms with E-state index < -0.39 is 53.5 Å². The molecular weight excluding hydrogens is 550 g/mol. The fourth-order valence-corrected chi connectivity index (χ4v) is 4.15. The molecule has 4 amide bonds. The van der Waals surface area contributed by atoms with Gasteiger partial charge in [0, 0.05) is 30.9 Å². The summed E-state index contributed by atoms with van der Waals surface area (Å²) in [5.41, 5.74) is 1.90. The number of hydrogen-bond acceptors (Lipinski definition) is 7. The van der Waals surface area contributed by atoms with Gasteiger partial charge in [0.2, 0.25) is 17.6 Å². The van der Waals surface area contributed by atoms with Gasteiger partial charge < -0.3 is 26.0 Å². The van der Waals surface area contributed by atoms with Crippen molar-refractivity contribution in [3.05, 3.63) is 95.8 Å². The number of pyridine rings is 1. The van der Waals surface area contributed by atoms with Crippen molar-refractivity contribution in [2.24, 2.45) is 5.92 Å². The van der Waals surface area contributed by atoms with Crippen LogP contribution in [0.4, 0.5) is 0 Å². The van der Waals surface area contributed by atoms with E-state index in [1.165, 1.54) is 31.5 Å². The molecule has 0 spiro atoms. The quantitative estimate of drug-likeness (QED) is 0.210. The average Bonchev–Trinajstić information content (AvgIpc) is 3.02. The zero-order valence-electron chi connectivity index (χ0n) is 24.6. The molecule has 1 heterocycles. The van der Waals surface area contributed by atoms with Crippen LogP contribution in [0.3, 0.4) is 0 Å². The first-order chi connectivity index (χ1) is 20.6. The minimum absolute atomic E-state index is 0.119. The normalized spacial score (nSPS) is 12.8. The average molecular weight is 588 g/mol. The molecule has 0 aliphatic rings. The number of hydrogen-bond donors (Lipinski definition) is 4. The van der Waals surface area contributed by atoms with Crippen LogP contribution >= 0.6 is 0 Å².